The number of nitro groups is 1. The molecule has 37 heavy (non-hydrogen) atoms. The standard InChI is InChI=1S/C21H20Cl3N9O4/c1-13-25-10-15(33(35)36)31(13)7-8-37-20(34)30-19(21(22,23)24)32-12-29-16-17(27-11-28-18(16)32)26-9-14-5-3-2-4-6-14/h2-6,10-12,19H,7-9H2,1H3,(H,30,34)(H,26,27,28). The molecule has 1 amide bonds. The largest absolute Gasteiger partial charge is 0.445 e. The van der Waals surface area contributed by atoms with Crippen LogP contribution in [-0.2, 0) is 17.8 Å². The molecule has 0 saturated heterocycles. The molecule has 0 bridgehead atoms. The predicted octanol–water partition coefficient (Wildman–Crippen LogP) is 4.15. The molecule has 16 heteroatoms. The van der Waals surface area contributed by atoms with E-state index < -0.39 is 21.0 Å². The number of hydrogen-bond acceptors (Lipinski definition) is 9. The normalized spacial score (nSPS) is 12.3. The molecule has 4 rings (SSSR count). The summed E-state index contributed by atoms with van der Waals surface area (Å²) in [4.78, 5) is 39.8. The van der Waals surface area contributed by atoms with Gasteiger partial charge in [0.15, 0.2) is 23.5 Å². The molecule has 13 nitrogen and oxygen atoms in total. The second kappa shape index (κ2) is 11.2. The van der Waals surface area contributed by atoms with E-state index in [2.05, 4.69) is 30.6 Å². The molecule has 0 aliphatic carbocycles. The number of alkyl halides is 3. The summed E-state index contributed by atoms with van der Waals surface area (Å²) in [7, 11) is 0. The molecule has 1 unspecified atom stereocenters. The van der Waals surface area contributed by atoms with E-state index in [9.17, 15) is 14.9 Å². The quantitative estimate of drug-likeness (QED) is 0.172. The van der Waals surface area contributed by atoms with E-state index in [0.717, 1.165) is 11.8 Å². The number of rotatable bonds is 9. The van der Waals surface area contributed by atoms with Gasteiger partial charge >= 0.3 is 11.9 Å². The van der Waals surface area contributed by atoms with Crippen LogP contribution in [0.3, 0.4) is 0 Å². The van der Waals surface area contributed by atoms with Gasteiger partial charge in [-0.1, -0.05) is 65.1 Å². The van der Waals surface area contributed by atoms with Crippen molar-refractivity contribution in [3.8, 4) is 0 Å². The molecule has 0 saturated carbocycles. The van der Waals surface area contributed by atoms with Crippen molar-refractivity contribution in [2.45, 2.75) is 30.0 Å². The summed E-state index contributed by atoms with van der Waals surface area (Å²) in [5.74, 6) is 0.633. The van der Waals surface area contributed by atoms with Gasteiger partial charge in [-0.3, -0.25) is 9.88 Å². The van der Waals surface area contributed by atoms with Crippen molar-refractivity contribution in [3.63, 3.8) is 0 Å². The Morgan fingerprint density at radius 1 is 1.19 bits per heavy atom. The summed E-state index contributed by atoms with van der Waals surface area (Å²) in [6.45, 7) is 1.90. The lowest BCUT2D eigenvalue weighted by atomic mass is 10.2. The van der Waals surface area contributed by atoms with Gasteiger partial charge in [0.2, 0.25) is 3.79 Å². The average molecular weight is 569 g/mol. The van der Waals surface area contributed by atoms with Gasteiger partial charge in [-0.15, -0.1) is 0 Å². The molecule has 194 valence electrons. The molecule has 3 aromatic heterocycles. The number of carbonyl (C=O) groups is 1. The van der Waals surface area contributed by atoms with E-state index in [1.54, 1.807) is 6.92 Å². The van der Waals surface area contributed by atoms with E-state index in [0.29, 0.717) is 29.4 Å². The van der Waals surface area contributed by atoms with Crippen LogP contribution in [0.2, 0.25) is 0 Å². The van der Waals surface area contributed by atoms with Crippen molar-refractivity contribution < 1.29 is 14.5 Å². The fraction of sp³-hybridized carbons (Fsp3) is 0.286. The number of benzene rings is 1. The van der Waals surface area contributed by atoms with Gasteiger partial charge in [0, 0.05) is 13.5 Å². The van der Waals surface area contributed by atoms with Crippen molar-refractivity contribution in [1.82, 2.24) is 34.4 Å². The molecule has 0 aliphatic heterocycles. The van der Waals surface area contributed by atoms with Crippen LogP contribution in [0, 0.1) is 17.0 Å². The van der Waals surface area contributed by atoms with E-state index in [-0.39, 0.29) is 19.0 Å². The summed E-state index contributed by atoms with van der Waals surface area (Å²) in [6.07, 6.45) is 1.63. The van der Waals surface area contributed by atoms with Gasteiger partial charge in [0.05, 0.1) is 6.33 Å². The molecular formula is C21H20Cl3N9O4. The van der Waals surface area contributed by atoms with Gasteiger partial charge in [0.1, 0.15) is 31.2 Å². The zero-order valence-electron chi connectivity index (χ0n) is 19.2. The fourth-order valence-corrected chi connectivity index (χ4v) is 4.00. The number of nitrogens with one attached hydrogen (secondary N) is 2. The van der Waals surface area contributed by atoms with Gasteiger partial charge in [-0.25, -0.2) is 29.3 Å². The number of imidazole rings is 2. The number of fused-ring (bicyclic) bond motifs is 1. The summed E-state index contributed by atoms with van der Waals surface area (Å²) >= 11 is 18.5. The lowest BCUT2D eigenvalue weighted by Crippen LogP contribution is -2.40. The Morgan fingerprint density at radius 3 is 2.65 bits per heavy atom. The average Bonchev–Trinajstić information content (AvgIpc) is 3.45. The summed E-state index contributed by atoms with van der Waals surface area (Å²) in [6, 6.07) is 9.70. The minimum absolute atomic E-state index is 0.00563. The summed E-state index contributed by atoms with van der Waals surface area (Å²) in [5, 5.41) is 16.8. The molecule has 3 heterocycles. The van der Waals surface area contributed by atoms with Gasteiger partial charge in [-0.2, -0.15) is 0 Å². The highest BCUT2D eigenvalue weighted by Gasteiger charge is 2.37. The van der Waals surface area contributed by atoms with Crippen LogP contribution in [0.25, 0.3) is 11.2 Å². The Bertz CT molecular complexity index is 1410. The lowest BCUT2D eigenvalue weighted by molar-refractivity contribution is -0.392. The van der Waals surface area contributed by atoms with Crippen LogP contribution in [-0.4, -0.2) is 50.5 Å². The maximum atomic E-state index is 12.5. The first kappa shape index (κ1) is 26.4. The van der Waals surface area contributed by atoms with Crippen molar-refractivity contribution in [2.24, 2.45) is 0 Å². The van der Waals surface area contributed by atoms with Crippen LogP contribution in [0.1, 0.15) is 17.6 Å². The Labute approximate surface area is 224 Å². The van der Waals surface area contributed by atoms with Crippen molar-refractivity contribution in [2.75, 3.05) is 11.9 Å². The van der Waals surface area contributed by atoms with Gasteiger partial charge in [-0.05, 0) is 10.5 Å². The third-order valence-electron chi connectivity index (χ3n) is 5.27. The zero-order valence-corrected chi connectivity index (χ0v) is 21.5. The van der Waals surface area contributed by atoms with Crippen molar-refractivity contribution in [3.05, 3.63) is 70.7 Å². The number of aryl methyl sites for hydroxylation is 1. The molecular weight excluding hydrogens is 549 g/mol. The van der Waals surface area contributed by atoms with E-state index in [1.807, 2.05) is 30.3 Å². The van der Waals surface area contributed by atoms with E-state index >= 15 is 0 Å². The summed E-state index contributed by atoms with van der Waals surface area (Å²) < 4.78 is 5.85. The number of nitrogens with zero attached hydrogens (tertiary/aromatic N) is 7. The highest BCUT2D eigenvalue weighted by molar-refractivity contribution is 6.68. The summed E-state index contributed by atoms with van der Waals surface area (Å²) in [5.41, 5.74) is 1.73. The number of halogens is 3. The lowest BCUT2D eigenvalue weighted by Gasteiger charge is -2.26. The van der Waals surface area contributed by atoms with Crippen LogP contribution in [0.15, 0.2) is 49.2 Å². The Kier molecular flexibility index (Phi) is 7.95. The first-order chi connectivity index (χ1) is 17.6. The topological polar surface area (TPSA) is 155 Å². The van der Waals surface area contributed by atoms with Crippen LogP contribution < -0.4 is 10.6 Å². The number of hydrogen-bond donors (Lipinski definition) is 2. The Hall–Kier alpha value is -3.68. The fourth-order valence-electron chi connectivity index (χ4n) is 3.52. The maximum Gasteiger partial charge on any atom is 0.409 e. The van der Waals surface area contributed by atoms with Gasteiger partial charge < -0.3 is 20.2 Å². The molecule has 2 N–H and O–H groups in total. The first-order valence-electron chi connectivity index (χ1n) is 10.8. The minimum atomic E-state index is -2.02. The first-order valence-corrected chi connectivity index (χ1v) is 11.9. The van der Waals surface area contributed by atoms with Crippen LogP contribution in [0.5, 0.6) is 0 Å². The Morgan fingerprint density at radius 2 is 1.95 bits per heavy atom. The predicted molar refractivity (Wildman–Crippen MR) is 137 cm³/mol. The second-order valence-corrected chi connectivity index (χ2v) is 10.1. The monoisotopic (exact) mass is 567 g/mol. The van der Waals surface area contributed by atoms with Crippen molar-refractivity contribution >= 4 is 63.7 Å². The minimum Gasteiger partial charge on any atom is -0.445 e. The molecule has 0 aliphatic rings. The third kappa shape index (κ3) is 6.18. The van der Waals surface area contributed by atoms with Crippen LogP contribution >= 0.6 is 34.8 Å². The SMILES string of the molecule is Cc1ncc([N+](=O)[O-])n1CCOC(=O)NC(n1cnc2c(NCc3ccccc3)ncnc21)C(Cl)(Cl)Cl. The zero-order chi connectivity index (χ0) is 26.6. The van der Waals surface area contributed by atoms with Crippen molar-refractivity contribution in [1.29, 1.82) is 0 Å². The molecule has 0 spiro atoms. The highest BCUT2D eigenvalue weighted by Crippen LogP contribution is 2.38. The smallest absolute Gasteiger partial charge is 0.409 e. The molecule has 1 aromatic carbocycles. The van der Waals surface area contributed by atoms with E-state index in [1.165, 1.54) is 21.8 Å². The molecule has 0 fully saturated rings. The Balaban J connectivity index is 1.47. The third-order valence-corrected chi connectivity index (χ3v) is 5.89. The number of amides is 1. The van der Waals surface area contributed by atoms with Gasteiger partial charge in [0.25, 0.3) is 0 Å². The highest BCUT2D eigenvalue weighted by atomic mass is 35.6. The number of aromatic nitrogens is 6. The van der Waals surface area contributed by atoms with E-state index in [4.69, 9.17) is 39.5 Å². The number of alkyl carbamates (subject to hydrolysis) is 1. The molecule has 0 radical (unpaired) electrons. The molecule has 1 atom stereocenters. The number of carbonyl (C=O) groups excluding carboxylic acids is 1. The molecule has 4 aromatic rings. The maximum absolute atomic E-state index is 12.5. The van der Waals surface area contributed by atoms with Crippen LogP contribution in [0.4, 0.5) is 16.4 Å². The number of anilines is 1. The second-order valence-electron chi connectivity index (χ2n) is 7.68. The number of ether oxygens (including phenoxy) is 1.